The summed E-state index contributed by atoms with van der Waals surface area (Å²) in [6.07, 6.45) is 0.554. The van der Waals surface area contributed by atoms with E-state index < -0.39 is 6.10 Å². The molecule has 2 rings (SSSR count). The molecule has 1 saturated heterocycles. The van der Waals surface area contributed by atoms with Crippen molar-refractivity contribution in [1.82, 2.24) is 0 Å². The predicted octanol–water partition coefficient (Wildman–Crippen LogP) is 2.78. The number of benzene rings is 1. The molecule has 1 fully saturated rings. The molecule has 2 unspecified atom stereocenters. The monoisotopic (exact) mass is 267 g/mol. The van der Waals surface area contributed by atoms with Crippen LogP contribution >= 0.6 is 11.8 Å². The van der Waals surface area contributed by atoms with Gasteiger partial charge in [0.15, 0.2) is 0 Å². The first-order valence-corrected chi connectivity index (χ1v) is 7.54. The highest BCUT2D eigenvalue weighted by molar-refractivity contribution is 8.00. The van der Waals surface area contributed by atoms with Crippen LogP contribution in [-0.4, -0.2) is 34.3 Å². The van der Waals surface area contributed by atoms with Crippen LogP contribution in [0.15, 0.2) is 18.2 Å². The van der Waals surface area contributed by atoms with Crippen molar-refractivity contribution in [3.8, 4) is 5.75 Å². The van der Waals surface area contributed by atoms with Crippen LogP contribution < -0.4 is 4.90 Å². The largest absolute Gasteiger partial charge is 0.507 e. The quantitative estimate of drug-likeness (QED) is 0.884. The molecule has 1 aromatic carbocycles. The number of phenolic OH excluding ortho intramolecular Hbond substituents is 1. The molecule has 0 spiro atoms. The van der Waals surface area contributed by atoms with Crippen LogP contribution in [0.2, 0.25) is 0 Å². The van der Waals surface area contributed by atoms with Gasteiger partial charge in [-0.15, -0.1) is 0 Å². The highest BCUT2D eigenvalue weighted by Gasteiger charge is 2.20. The van der Waals surface area contributed by atoms with E-state index in [2.05, 4.69) is 11.8 Å². The van der Waals surface area contributed by atoms with Gasteiger partial charge < -0.3 is 15.1 Å². The summed E-state index contributed by atoms with van der Waals surface area (Å²) in [5, 5.41) is 20.1. The number of hydrogen-bond donors (Lipinski definition) is 2. The Balaban J connectivity index is 2.16. The number of anilines is 1. The van der Waals surface area contributed by atoms with Crippen molar-refractivity contribution in [2.24, 2.45) is 0 Å². The van der Waals surface area contributed by atoms with Gasteiger partial charge in [0, 0.05) is 41.4 Å². The van der Waals surface area contributed by atoms with E-state index in [1.807, 2.05) is 23.9 Å². The van der Waals surface area contributed by atoms with Crippen molar-refractivity contribution in [3.63, 3.8) is 0 Å². The number of nitrogens with zero attached hydrogens (tertiary/aromatic N) is 1. The highest BCUT2D eigenvalue weighted by atomic mass is 32.2. The van der Waals surface area contributed by atoms with E-state index in [4.69, 9.17) is 0 Å². The molecule has 0 radical (unpaired) electrons. The van der Waals surface area contributed by atoms with Crippen LogP contribution in [-0.2, 0) is 0 Å². The van der Waals surface area contributed by atoms with Crippen LogP contribution in [0.3, 0.4) is 0 Å². The summed E-state index contributed by atoms with van der Waals surface area (Å²) in [6, 6.07) is 5.58. The van der Waals surface area contributed by atoms with Crippen LogP contribution in [0.5, 0.6) is 5.75 Å². The maximum Gasteiger partial charge on any atom is 0.123 e. The topological polar surface area (TPSA) is 43.7 Å². The SMILES string of the molecule is CCC1CN(c2ccc(C(C)O)c(O)c2)CCS1. The maximum absolute atomic E-state index is 9.92. The number of rotatable bonds is 3. The zero-order chi connectivity index (χ0) is 13.1. The minimum atomic E-state index is -0.626. The summed E-state index contributed by atoms with van der Waals surface area (Å²) < 4.78 is 0. The van der Waals surface area contributed by atoms with Crippen molar-refractivity contribution in [2.45, 2.75) is 31.6 Å². The summed E-state index contributed by atoms with van der Waals surface area (Å²) in [7, 11) is 0. The Hall–Kier alpha value is -0.870. The summed E-state index contributed by atoms with van der Waals surface area (Å²) in [5.74, 6) is 1.33. The van der Waals surface area contributed by atoms with Gasteiger partial charge in [-0.1, -0.05) is 13.0 Å². The number of thioether (sulfide) groups is 1. The van der Waals surface area contributed by atoms with E-state index in [0.717, 1.165) is 24.5 Å². The summed E-state index contributed by atoms with van der Waals surface area (Å²) >= 11 is 2.03. The lowest BCUT2D eigenvalue weighted by atomic mass is 10.1. The van der Waals surface area contributed by atoms with Crippen molar-refractivity contribution in [2.75, 3.05) is 23.7 Å². The molecule has 1 aliphatic heterocycles. The molecular formula is C14H21NO2S. The second-order valence-corrected chi connectivity index (χ2v) is 6.17. The Morgan fingerprint density at radius 1 is 1.50 bits per heavy atom. The van der Waals surface area contributed by atoms with Crippen molar-refractivity contribution in [3.05, 3.63) is 23.8 Å². The molecular weight excluding hydrogens is 246 g/mol. The van der Waals surface area contributed by atoms with Crippen LogP contribution in [0.4, 0.5) is 5.69 Å². The molecule has 2 atom stereocenters. The average molecular weight is 267 g/mol. The van der Waals surface area contributed by atoms with E-state index >= 15 is 0 Å². The van der Waals surface area contributed by atoms with Gasteiger partial charge in [-0.3, -0.25) is 0 Å². The zero-order valence-electron chi connectivity index (χ0n) is 11.0. The van der Waals surface area contributed by atoms with Crippen LogP contribution in [0, 0.1) is 0 Å². The first-order valence-electron chi connectivity index (χ1n) is 6.49. The van der Waals surface area contributed by atoms with Crippen LogP contribution in [0.25, 0.3) is 0 Å². The fourth-order valence-electron chi connectivity index (χ4n) is 2.28. The molecule has 1 aliphatic rings. The first-order chi connectivity index (χ1) is 8.61. The molecule has 1 aromatic rings. The smallest absolute Gasteiger partial charge is 0.123 e. The first kappa shape index (κ1) is 13.6. The Morgan fingerprint density at radius 3 is 2.89 bits per heavy atom. The number of phenols is 1. The second kappa shape index (κ2) is 5.85. The molecule has 4 heteroatoms. The Labute approximate surface area is 113 Å². The lowest BCUT2D eigenvalue weighted by Gasteiger charge is -2.33. The number of hydrogen-bond acceptors (Lipinski definition) is 4. The molecule has 1 heterocycles. The predicted molar refractivity (Wildman–Crippen MR) is 77.5 cm³/mol. The highest BCUT2D eigenvalue weighted by Crippen LogP contribution is 2.31. The fourth-order valence-corrected chi connectivity index (χ4v) is 3.46. The van der Waals surface area contributed by atoms with E-state index in [1.165, 1.54) is 6.42 Å². The van der Waals surface area contributed by atoms with Crippen molar-refractivity contribution < 1.29 is 10.2 Å². The van der Waals surface area contributed by atoms with E-state index in [0.29, 0.717) is 10.8 Å². The van der Waals surface area contributed by atoms with Crippen molar-refractivity contribution >= 4 is 17.4 Å². The summed E-state index contributed by atoms with van der Waals surface area (Å²) in [4.78, 5) is 2.32. The molecule has 0 saturated carbocycles. The Morgan fingerprint density at radius 2 is 2.28 bits per heavy atom. The minimum absolute atomic E-state index is 0.189. The molecule has 0 amide bonds. The van der Waals surface area contributed by atoms with Gasteiger partial charge in [0.1, 0.15) is 5.75 Å². The second-order valence-electron chi connectivity index (χ2n) is 4.77. The summed E-state index contributed by atoms with van der Waals surface area (Å²) in [5.41, 5.74) is 1.65. The molecule has 2 N–H and O–H groups in total. The Bertz CT molecular complexity index is 409. The zero-order valence-corrected chi connectivity index (χ0v) is 11.8. The van der Waals surface area contributed by atoms with E-state index in [-0.39, 0.29) is 5.75 Å². The third kappa shape index (κ3) is 2.93. The van der Waals surface area contributed by atoms with E-state index in [1.54, 1.807) is 13.0 Å². The average Bonchev–Trinajstić information content (AvgIpc) is 2.38. The van der Waals surface area contributed by atoms with Gasteiger partial charge >= 0.3 is 0 Å². The molecule has 18 heavy (non-hydrogen) atoms. The van der Waals surface area contributed by atoms with Crippen molar-refractivity contribution in [1.29, 1.82) is 0 Å². The van der Waals surface area contributed by atoms with Gasteiger partial charge in [0.2, 0.25) is 0 Å². The minimum Gasteiger partial charge on any atom is -0.507 e. The Kier molecular flexibility index (Phi) is 4.40. The summed E-state index contributed by atoms with van der Waals surface area (Å²) in [6.45, 7) is 5.94. The standard InChI is InChI=1S/C14H21NO2S/c1-3-12-9-15(6-7-18-12)11-4-5-13(10(2)16)14(17)8-11/h4-5,8,10,12,16-17H,3,6-7,9H2,1-2H3. The molecule has 100 valence electrons. The maximum atomic E-state index is 9.92. The van der Waals surface area contributed by atoms with Crippen LogP contribution in [0.1, 0.15) is 31.9 Å². The molecule has 0 aliphatic carbocycles. The van der Waals surface area contributed by atoms with Gasteiger partial charge in [-0.2, -0.15) is 11.8 Å². The number of aliphatic hydroxyl groups excluding tert-OH is 1. The molecule has 0 bridgehead atoms. The molecule has 0 aromatic heterocycles. The lowest BCUT2D eigenvalue weighted by molar-refractivity contribution is 0.195. The number of aromatic hydroxyl groups is 1. The van der Waals surface area contributed by atoms with Gasteiger partial charge in [0.05, 0.1) is 6.10 Å². The normalized spacial score (nSPS) is 21.9. The van der Waals surface area contributed by atoms with Gasteiger partial charge in [-0.05, 0) is 19.4 Å². The molecule has 3 nitrogen and oxygen atoms in total. The van der Waals surface area contributed by atoms with E-state index in [9.17, 15) is 10.2 Å². The van der Waals surface area contributed by atoms with Gasteiger partial charge in [-0.25, -0.2) is 0 Å². The third-order valence-electron chi connectivity index (χ3n) is 3.42. The number of aliphatic hydroxyl groups is 1. The fraction of sp³-hybridized carbons (Fsp3) is 0.571. The van der Waals surface area contributed by atoms with Gasteiger partial charge in [0.25, 0.3) is 0 Å². The third-order valence-corrected chi connectivity index (χ3v) is 4.80. The lowest BCUT2D eigenvalue weighted by Crippen LogP contribution is -2.37.